The maximum atomic E-state index is 10.0. The number of hydrogen-bond donors (Lipinski definition) is 2. The van der Waals surface area contributed by atoms with Crippen molar-refractivity contribution in [3.63, 3.8) is 0 Å². The van der Waals surface area contributed by atoms with E-state index in [0.717, 1.165) is 14.2 Å². The maximum absolute atomic E-state index is 10.0. The number of hydrogen-bond acceptors (Lipinski definition) is 6. The Morgan fingerprint density at radius 2 is 1.25 bits per heavy atom. The van der Waals surface area contributed by atoms with Crippen LogP contribution in [0.2, 0.25) is 0 Å². The number of benzene rings is 1. The van der Waals surface area contributed by atoms with Gasteiger partial charge in [0.25, 0.3) is 0 Å². The molecule has 1 rings (SSSR count). The summed E-state index contributed by atoms with van der Waals surface area (Å²) in [5, 5.41) is 17.3. The number of aromatic hydroxyl groups is 2. The summed E-state index contributed by atoms with van der Waals surface area (Å²) in [4.78, 5) is 20.1. The predicted molar refractivity (Wildman–Crippen MR) is 53.8 cm³/mol. The first-order valence-corrected chi connectivity index (χ1v) is 4.16. The standard InChI is InChI=1S/C6H6O2.C4H6O4/c7-5-3-1-2-4-6(5)8;1-7-3(5)4(6)8-2/h1-4,7-8H;1-2H3. The zero-order chi connectivity index (χ0) is 12.6. The van der Waals surface area contributed by atoms with Gasteiger partial charge in [-0.1, -0.05) is 12.1 Å². The van der Waals surface area contributed by atoms with Crippen molar-refractivity contribution in [3.05, 3.63) is 24.3 Å². The van der Waals surface area contributed by atoms with Crippen LogP contribution in [0.4, 0.5) is 0 Å². The van der Waals surface area contributed by atoms with Crippen molar-refractivity contribution in [1.82, 2.24) is 0 Å². The van der Waals surface area contributed by atoms with Gasteiger partial charge in [-0.3, -0.25) is 0 Å². The molecule has 0 heterocycles. The molecule has 0 amide bonds. The fourth-order valence-corrected chi connectivity index (χ4v) is 0.631. The number of rotatable bonds is 0. The van der Waals surface area contributed by atoms with E-state index in [1.54, 1.807) is 12.1 Å². The molecule has 0 unspecified atom stereocenters. The first-order chi connectivity index (χ1) is 7.52. The van der Waals surface area contributed by atoms with Crippen molar-refractivity contribution in [2.75, 3.05) is 14.2 Å². The first kappa shape index (κ1) is 13.8. The second-order valence-electron chi connectivity index (χ2n) is 2.47. The molecule has 1 aromatic rings. The highest BCUT2D eigenvalue weighted by atomic mass is 16.6. The summed E-state index contributed by atoms with van der Waals surface area (Å²) in [7, 11) is 2.22. The number of esters is 2. The van der Waals surface area contributed by atoms with Crippen molar-refractivity contribution in [2.45, 2.75) is 0 Å². The number of carbonyl (C=O) groups excluding carboxylic acids is 2. The predicted octanol–water partition coefficient (Wildman–Crippen LogP) is 0.430. The molecular weight excluding hydrogens is 216 g/mol. The summed E-state index contributed by atoms with van der Waals surface area (Å²) in [6.45, 7) is 0. The van der Waals surface area contributed by atoms with Gasteiger partial charge in [0.05, 0.1) is 14.2 Å². The van der Waals surface area contributed by atoms with Gasteiger partial charge < -0.3 is 19.7 Å². The molecule has 88 valence electrons. The molecule has 0 radical (unpaired) electrons. The Morgan fingerprint density at radius 1 is 0.938 bits per heavy atom. The molecule has 0 aliphatic rings. The lowest BCUT2D eigenvalue weighted by molar-refractivity contribution is -0.164. The minimum atomic E-state index is -0.979. The van der Waals surface area contributed by atoms with E-state index >= 15 is 0 Å². The molecular formula is C10H12O6. The van der Waals surface area contributed by atoms with Crippen LogP contribution in [-0.2, 0) is 19.1 Å². The summed E-state index contributed by atoms with van der Waals surface area (Å²) < 4.78 is 7.98. The third-order valence-corrected chi connectivity index (χ3v) is 1.42. The summed E-state index contributed by atoms with van der Waals surface area (Å²) in [6, 6.07) is 6.15. The molecule has 0 saturated carbocycles. The lowest BCUT2D eigenvalue weighted by Gasteiger charge is -1.92. The monoisotopic (exact) mass is 228 g/mol. The Labute approximate surface area is 92.0 Å². The Bertz CT molecular complexity index is 325. The summed E-state index contributed by atoms with van der Waals surface area (Å²) in [5.74, 6) is -2.11. The smallest absolute Gasteiger partial charge is 0.417 e. The fourth-order valence-electron chi connectivity index (χ4n) is 0.631. The molecule has 16 heavy (non-hydrogen) atoms. The minimum absolute atomic E-state index is 0.0764. The van der Waals surface area contributed by atoms with Crippen molar-refractivity contribution in [3.8, 4) is 11.5 Å². The highest BCUT2D eigenvalue weighted by Gasteiger charge is 2.11. The molecule has 0 aliphatic carbocycles. The Kier molecular flexibility index (Phi) is 6.11. The van der Waals surface area contributed by atoms with Crippen molar-refractivity contribution >= 4 is 11.9 Å². The van der Waals surface area contributed by atoms with Crippen LogP contribution in [-0.4, -0.2) is 36.4 Å². The second kappa shape index (κ2) is 7.10. The summed E-state index contributed by atoms with van der Waals surface area (Å²) >= 11 is 0. The van der Waals surface area contributed by atoms with Crippen LogP contribution >= 0.6 is 0 Å². The molecule has 6 nitrogen and oxygen atoms in total. The third kappa shape index (κ3) is 4.85. The van der Waals surface area contributed by atoms with Crippen LogP contribution in [0.25, 0.3) is 0 Å². The quantitative estimate of drug-likeness (QED) is 0.380. The molecule has 1 aromatic carbocycles. The lowest BCUT2D eigenvalue weighted by atomic mass is 10.3. The molecule has 0 saturated heterocycles. The van der Waals surface area contributed by atoms with E-state index in [9.17, 15) is 9.59 Å². The first-order valence-electron chi connectivity index (χ1n) is 4.16. The normalized spacial score (nSPS) is 8.38. The highest BCUT2D eigenvalue weighted by Crippen LogP contribution is 2.21. The Hall–Kier alpha value is -2.24. The van der Waals surface area contributed by atoms with E-state index in [0.29, 0.717) is 0 Å². The van der Waals surface area contributed by atoms with Gasteiger partial charge in [-0.15, -0.1) is 0 Å². The molecule has 0 atom stereocenters. The van der Waals surface area contributed by atoms with E-state index < -0.39 is 11.9 Å². The van der Waals surface area contributed by atoms with Gasteiger partial charge in [-0.2, -0.15) is 0 Å². The second-order valence-corrected chi connectivity index (χ2v) is 2.47. The topological polar surface area (TPSA) is 93.1 Å². The minimum Gasteiger partial charge on any atom is -0.504 e. The maximum Gasteiger partial charge on any atom is 0.417 e. The van der Waals surface area contributed by atoms with Crippen LogP contribution in [0, 0.1) is 0 Å². The average molecular weight is 228 g/mol. The molecule has 0 spiro atoms. The SMILES string of the molecule is COC(=O)C(=O)OC.Oc1ccccc1O. The number of phenols is 2. The van der Waals surface area contributed by atoms with Crippen LogP contribution in [0.15, 0.2) is 24.3 Å². The fraction of sp³-hybridized carbons (Fsp3) is 0.200. The van der Waals surface area contributed by atoms with Crippen molar-refractivity contribution in [1.29, 1.82) is 0 Å². The molecule has 6 heteroatoms. The van der Waals surface area contributed by atoms with Crippen molar-refractivity contribution in [2.24, 2.45) is 0 Å². The molecule has 0 fully saturated rings. The van der Waals surface area contributed by atoms with Crippen LogP contribution in [0.5, 0.6) is 11.5 Å². The van der Waals surface area contributed by atoms with Gasteiger partial charge in [-0.05, 0) is 12.1 Å². The number of para-hydroxylation sites is 2. The van der Waals surface area contributed by atoms with Crippen LogP contribution in [0.1, 0.15) is 0 Å². The highest BCUT2D eigenvalue weighted by molar-refractivity contribution is 6.29. The number of phenolic OH excluding ortho intramolecular Hbond substituents is 2. The van der Waals surface area contributed by atoms with Gasteiger partial charge >= 0.3 is 11.9 Å². The van der Waals surface area contributed by atoms with Crippen molar-refractivity contribution < 1.29 is 29.3 Å². The van der Waals surface area contributed by atoms with E-state index in [1.165, 1.54) is 12.1 Å². The van der Waals surface area contributed by atoms with Crippen LogP contribution in [0.3, 0.4) is 0 Å². The summed E-state index contributed by atoms with van der Waals surface area (Å²) in [5.41, 5.74) is 0. The van der Waals surface area contributed by atoms with Crippen LogP contribution < -0.4 is 0 Å². The van der Waals surface area contributed by atoms with E-state index in [-0.39, 0.29) is 11.5 Å². The zero-order valence-electron chi connectivity index (χ0n) is 8.84. The number of ether oxygens (including phenoxy) is 2. The van der Waals surface area contributed by atoms with E-state index in [1.807, 2.05) is 0 Å². The third-order valence-electron chi connectivity index (χ3n) is 1.42. The molecule has 0 bridgehead atoms. The largest absolute Gasteiger partial charge is 0.504 e. The summed E-state index contributed by atoms with van der Waals surface area (Å²) in [6.07, 6.45) is 0. The van der Waals surface area contributed by atoms with Gasteiger partial charge in [0.1, 0.15) is 0 Å². The van der Waals surface area contributed by atoms with Gasteiger partial charge in [0, 0.05) is 0 Å². The Morgan fingerprint density at radius 3 is 1.44 bits per heavy atom. The molecule has 0 aliphatic heterocycles. The van der Waals surface area contributed by atoms with E-state index in [4.69, 9.17) is 10.2 Å². The van der Waals surface area contributed by atoms with E-state index in [2.05, 4.69) is 9.47 Å². The van der Waals surface area contributed by atoms with Gasteiger partial charge in [0.2, 0.25) is 0 Å². The van der Waals surface area contributed by atoms with Gasteiger partial charge in [0.15, 0.2) is 11.5 Å². The molecule has 0 aromatic heterocycles. The Balaban J connectivity index is 0.000000281. The number of methoxy groups -OCH3 is 2. The molecule has 2 N–H and O–H groups in total. The lowest BCUT2D eigenvalue weighted by Crippen LogP contribution is -2.16. The number of carbonyl (C=O) groups is 2. The zero-order valence-corrected chi connectivity index (χ0v) is 8.84. The average Bonchev–Trinajstić information content (AvgIpc) is 2.31. The van der Waals surface area contributed by atoms with Gasteiger partial charge in [-0.25, -0.2) is 9.59 Å².